The Labute approximate surface area is 135 Å². The fourth-order valence-electron chi connectivity index (χ4n) is 2.20. The van der Waals surface area contributed by atoms with E-state index >= 15 is 0 Å². The van der Waals surface area contributed by atoms with Gasteiger partial charge in [0.25, 0.3) is 0 Å². The first-order chi connectivity index (χ1) is 10.8. The Morgan fingerprint density at radius 3 is 2.35 bits per heavy atom. The van der Waals surface area contributed by atoms with E-state index in [9.17, 15) is 23.1 Å². The van der Waals surface area contributed by atoms with Crippen molar-refractivity contribution in [1.29, 1.82) is 0 Å². The third-order valence-electron chi connectivity index (χ3n) is 3.20. The zero-order valence-electron chi connectivity index (χ0n) is 11.7. The van der Waals surface area contributed by atoms with Crippen molar-refractivity contribution in [1.82, 2.24) is 0 Å². The van der Waals surface area contributed by atoms with Crippen molar-refractivity contribution >= 4 is 17.6 Å². The van der Waals surface area contributed by atoms with Crippen molar-refractivity contribution in [2.75, 3.05) is 0 Å². The van der Waals surface area contributed by atoms with Gasteiger partial charge >= 0.3 is 12.3 Å². The number of carboxylic acid groups (broad SMARTS) is 1. The smallest absolute Gasteiger partial charge is 0.481 e. The van der Waals surface area contributed by atoms with Crippen molar-refractivity contribution in [3.8, 4) is 5.75 Å². The van der Waals surface area contributed by atoms with E-state index in [0.29, 0.717) is 10.6 Å². The second kappa shape index (κ2) is 6.91. The number of carbonyl (C=O) groups is 1. The molecule has 0 heterocycles. The summed E-state index contributed by atoms with van der Waals surface area (Å²) in [5.41, 5.74) is 0.473. The zero-order chi connectivity index (χ0) is 17.0. The molecule has 0 aliphatic rings. The van der Waals surface area contributed by atoms with Gasteiger partial charge in [0, 0.05) is 10.6 Å². The van der Waals surface area contributed by atoms with Gasteiger partial charge in [0.15, 0.2) is 0 Å². The predicted octanol–water partition coefficient (Wildman–Crippen LogP) is 4.65. The van der Waals surface area contributed by atoms with E-state index in [0.717, 1.165) is 6.07 Å². The molecule has 1 atom stereocenters. The van der Waals surface area contributed by atoms with Crippen LogP contribution in [0.5, 0.6) is 5.75 Å². The number of ether oxygens (including phenoxy) is 1. The van der Waals surface area contributed by atoms with Crippen LogP contribution in [0.15, 0.2) is 48.5 Å². The molecular formula is C16H12ClF3O3. The van der Waals surface area contributed by atoms with Gasteiger partial charge in [-0.3, -0.25) is 4.79 Å². The van der Waals surface area contributed by atoms with Gasteiger partial charge in [0.2, 0.25) is 0 Å². The lowest BCUT2D eigenvalue weighted by Crippen LogP contribution is -2.21. The van der Waals surface area contributed by atoms with Gasteiger partial charge < -0.3 is 9.84 Å². The van der Waals surface area contributed by atoms with E-state index in [-0.39, 0.29) is 12.0 Å². The molecule has 2 aromatic carbocycles. The maximum atomic E-state index is 12.5. The summed E-state index contributed by atoms with van der Waals surface area (Å²) in [5.74, 6) is -3.00. The second-order valence-electron chi connectivity index (χ2n) is 4.77. The molecule has 0 fully saturated rings. The summed E-state index contributed by atoms with van der Waals surface area (Å²) in [5, 5.41) is 9.78. The number of hydrogen-bond acceptors (Lipinski definition) is 2. The number of hydrogen-bond donors (Lipinski definition) is 1. The first kappa shape index (κ1) is 17.1. The predicted molar refractivity (Wildman–Crippen MR) is 78.7 cm³/mol. The first-order valence-electron chi connectivity index (χ1n) is 6.59. The fourth-order valence-corrected chi connectivity index (χ4v) is 2.41. The van der Waals surface area contributed by atoms with Crippen LogP contribution in [0.25, 0.3) is 0 Å². The molecule has 0 saturated carbocycles. The van der Waals surface area contributed by atoms with Crippen molar-refractivity contribution in [2.45, 2.75) is 18.7 Å². The third-order valence-corrected chi connectivity index (χ3v) is 3.57. The van der Waals surface area contributed by atoms with Gasteiger partial charge in [-0.1, -0.05) is 48.0 Å². The molecule has 0 spiro atoms. The van der Waals surface area contributed by atoms with E-state index in [4.69, 9.17) is 11.6 Å². The summed E-state index contributed by atoms with van der Waals surface area (Å²) < 4.78 is 41.4. The second-order valence-corrected chi connectivity index (χ2v) is 5.18. The largest absolute Gasteiger partial charge is 0.573 e. The molecule has 2 aromatic rings. The van der Waals surface area contributed by atoms with Gasteiger partial charge in [-0.15, -0.1) is 13.2 Å². The molecule has 0 aliphatic carbocycles. The Kier molecular flexibility index (Phi) is 5.15. The highest BCUT2D eigenvalue weighted by Gasteiger charge is 2.34. The lowest BCUT2D eigenvalue weighted by atomic mass is 9.91. The Balaban J connectivity index is 2.39. The first-order valence-corrected chi connectivity index (χ1v) is 6.96. The SMILES string of the molecule is O=C(O)C(Cc1ccccc1Cl)c1ccccc1OC(F)(F)F. The monoisotopic (exact) mass is 344 g/mol. The molecule has 3 nitrogen and oxygen atoms in total. The van der Waals surface area contributed by atoms with Gasteiger partial charge in [0.05, 0.1) is 5.92 Å². The van der Waals surface area contributed by atoms with Crippen molar-refractivity contribution < 1.29 is 27.8 Å². The zero-order valence-corrected chi connectivity index (χ0v) is 12.4. The minimum Gasteiger partial charge on any atom is -0.481 e. The van der Waals surface area contributed by atoms with E-state index in [1.54, 1.807) is 24.3 Å². The van der Waals surface area contributed by atoms with Crippen LogP contribution in [0.3, 0.4) is 0 Å². The average molecular weight is 345 g/mol. The molecule has 1 N–H and O–H groups in total. The lowest BCUT2D eigenvalue weighted by Gasteiger charge is -2.18. The average Bonchev–Trinajstić information content (AvgIpc) is 2.45. The van der Waals surface area contributed by atoms with E-state index in [2.05, 4.69) is 4.74 Å². The molecule has 2 rings (SSSR count). The van der Waals surface area contributed by atoms with E-state index in [1.165, 1.54) is 18.2 Å². The van der Waals surface area contributed by atoms with Crippen LogP contribution in [0.1, 0.15) is 17.0 Å². The molecule has 7 heteroatoms. The van der Waals surface area contributed by atoms with Gasteiger partial charge in [0.1, 0.15) is 5.75 Å². The van der Waals surface area contributed by atoms with Crippen molar-refractivity contribution in [3.05, 3.63) is 64.7 Å². The quantitative estimate of drug-likeness (QED) is 0.858. The van der Waals surface area contributed by atoms with Gasteiger partial charge in [-0.05, 0) is 24.1 Å². The molecule has 0 aromatic heterocycles. The maximum absolute atomic E-state index is 12.5. The van der Waals surface area contributed by atoms with Crippen LogP contribution in [0, 0.1) is 0 Å². The highest BCUT2D eigenvalue weighted by molar-refractivity contribution is 6.31. The van der Waals surface area contributed by atoms with Crippen LogP contribution >= 0.6 is 11.6 Å². The summed E-state index contributed by atoms with van der Waals surface area (Å²) >= 11 is 6.00. The van der Waals surface area contributed by atoms with Crippen molar-refractivity contribution in [2.24, 2.45) is 0 Å². The number of para-hydroxylation sites is 1. The standard InChI is InChI=1S/C16H12ClF3O3/c17-13-7-3-1-5-10(13)9-12(15(21)22)11-6-2-4-8-14(11)23-16(18,19)20/h1-8,12H,9H2,(H,21,22). The molecule has 23 heavy (non-hydrogen) atoms. The summed E-state index contributed by atoms with van der Waals surface area (Å²) in [6.45, 7) is 0. The van der Waals surface area contributed by atoms with Gasteiger partial charge in [-0.25, -0.2) is 0 Å². The van der Waals surface area contributed by atoms with Crippen LogP contribution in [-0.2, 0) is 11.2 Å². The molecule has 122 valence electrons. The van der Waals surface area contributed by atoms with Crippen LogP contribution in [0.4, 0.5) is 13.2 Å². The number of rotatable bonds is 5. The van der Waals surface area contributed by atoms with E-state index < -0.39 is 24.0 Å². The Morgan fingerprint density at radius 2 is 1.74 bits per heavy atom. The summed E-state index contributed by atoms with van der Waals surface area (Å²) in [4.78, 5) is 11.6. The minimum atomic E-state index is -4.90. The number of carboxylic acids is 1. The molecule has 0 bridgehead atoms. The highest BCUT2D eigenvalue weighted by atomic mass is 35.5. The van der Waals surface area contributed by atoms with Crippen molar-refractivity contribution in [3.63, 3.8) is 0 Å². The topological polar surface area (TPSA) is 46.5 Å². The number of alkyl halides is 3. The minimum absolute atomic E-state index is 0.0484. The summed E-state index contributed by atoms with van der Waals surface area (Å²) in [7, 11) is 0. The molecular weight excluding hydrogens is 333 g/mol. The van der Waals surface area contributed by atoms with E-state index in [1.807, 2.05) is 0 Å². The molecule has 1 unspecified atom stereocenters. The van der Waals surface area contributed by atoms with Gasteiger partial charge in [-0.2, -0.15) is 0 Å². The number of aliphatic carboxylic acids is 1. The maximum Gasteiger partial charge on any atom is 0.573 e. The fraction of sp³-hybridized carbons (Fsp3) is 0.188. The molecule has 0 saturated heterocycles. The molecule has 0 amide bonds. The lowest BCUT2D eigenvalue weighted by molar-refractivity contribution is -0.275. The Hall–Kier alpha value is -2.21. The molecule has 0 aliphatic heterocycles. The Morgan fingerprint density at radius 1 is 1.13 bits per heavy atom. The summed E-state index contributed by atoms with van der Waals surface area (Å²) in [6.07, 6.45) is -4.95. The number of halogens is 4. The van der Waals surface area contributed by atoms with Crippen LogP contribution in [0.2, 0.25) is 5.02 Å². The van der Waals surface area contributed by atoms with Crippen LogP contribution in [-0.4, -0.2) is 17.4 Å². The summed E-state index contributed by atoms with van der Waals surface area (Å²) in [6, 6.07) is 11.8. The Bertz CT molecular complexity index is 701. The third kappa shape index (κ3) is 4.63. The highest BCUT2D eigenvalue weighted by Crippen LogP contribution is 2.34. The molecule has 0 radical (unpaired) electrons. The van der Waals surface area contributed by atoms with Crippen LogP contribution < -0.4 is 4.74 Å². The normalized spacial score (nSPS) is 12.7. The number of benzene rings is 2.